The van der Waals surface area contributed by atoms with Crippen molar-refractivity contribution >= 4 is 11.3 Å². The Kier molecular flexibility index (Phi) is 4.81. The minimum absolute atomic E-state index is 0.622. The average Bonchev–Trinajstić information content (AvgIpc) is 2.60. The van der Waals surface area contributed by atoms with E-state index >= 15 is 0 Å². The third-order valence-electron chi connectivity index (χ3n) is 2.73. The van der Waals surface area contributed by atoms with Crippen LogP contribution in [0.3, 0.4) is 0 Å². The van der Waals surface area contributed by atoms with Crippen LogP contribution in [0.1, 0.15) is 44.4 Å². The predicted octanol–water partition coefficient (Wildman–Crippen LogP) is 3.93. The van der Waals surface area contributed by atoms with Crippen LogP contribution in [0, 0.1) is 0 Å². The van der Waals surface area contributed by atoms with E-state index in [1.54, 1.807) is 0 Å². The van der Waals surface area contributed by atoms with Gasteiger partial charge in [-0.25, -0.2) is 0 Å². The highest BCUT2D eigenvalue weighted by atomic mass is 32.1. The van der Waals surface area contributed by atoms with Crippen LogP contribution >= 0.6 is 11.3 Å². The van der Waals surface area contributed by atoms with E-state index in [1.165, 1.54) is 9.75 Å². The summed E-state index contributed by atoms with van der Waals surface area (Å²) in [4.78, 5) is 5.53. The highest BCUT2D eigenvalue weighted by molar-refractivity contribution is 7.11. The Morgan fingerprint density at radius 1 is 1.07 bits per heavy atom. The minimum atomic E-state index is 0.622. The van der Waals surface area contributed by atoms with E-state index < -0.39 is 0 Å². The van der Waals surface area contributed by atoms with Gasteiger partial charge in [0, 0.05) is 28.4 Å². The Morgan fingerprint density at radius 3 is 2.00 bits per heavy atom. The molecule has 1 rings (SSSR count). The molecule has 0 bridgehead atoms. The lowest BCUT2D eigenvalue weighted by molar-refractivity contribution is 0.167. The first kappa shape index (κ1) is 12.7. The van der Waals surface area contributed by atoms with Crippen LogP contribution < -0.4 is 0 Å². The fourth-order valence-corrected chi connectivity index (χ4v) is 2.81. The smallest absolute Gasteiger partial charge is 0.0333 e. The molecule has 0 unspecified atom stereocenters. The topological polar surface area (TPSA) is 3.24 Å². The first-order chi connectivity index (χ1) is 7.04. The third-order valence-corrected chi connectivity index (χ3v) is 3.95. The molecule has 0 aliphatic carbocycles. The van der Waals surface area contributed by atoms with Crippen molar-refractivity contribution in [2.75, 3.05) is 0 Å². The number of hydrogen-bond acceptors (Lipinski definition) is 2. The summed E-state index contributed by atoms with van der Waals surface area (Å²) in [5.74, 6) is 0. The molecule has 0 atom stereocenters. The summed E-state index contributed by atoms with van der Waals surface area (Å²) < 4.78 is 0. The molecular weight excluding hydrogens is 202 g/mol. The lowest BCUT2D eigenvalue weighted by Crippen LogP contribution is -2.35. The van der Waals surface area contributed by atoms with E-state index in [9.17, 15) is 0 Å². The molecule has 0 saturated heterocycles. The number of rotatable bonds is 5. The Hall–Kier alpha value is -0.340. The van der Waals surface area contributed by atoms with Gasteiger partial charge in [-0.1, -0.05) is 6.92 Å². The molecule has 0 aromatic carbocycles. The third kappa shape index (κ3) is 3.62. The minimum Gasteiger partial charge on any atom is -0.293 e. The average molecular weight is 225 g/mol. The van der Waals surface area contributed by atoms with Gasteiger partial charge in [-0.3, -0.25) is 4.90 Å². The molecule has 1 aromatic rings. The number of hydrogen-bond donors (Lipinski definition) is 0. The van der Waals surface area contributed by atoms with Gasteiger partial charge in [0.05, 0.1) is 0 Å². The highest BCUT2D eigenvalue weighted by Gasteiger charge is 2.14. The van der Waals surface area contributed by atoms with Crippen molar-refractivity contribution in [3.05, 3.63) is 21.9 Å². The van der Waals surface area contributed by atoms with E-state index in [2.05, 4.69) is 51.7 Å². The first-order valence-electron chi connectivity index (χ1n) is 5.88. The Bertz CT molecular complexity index is 280. The molecule has 0 fully saturated rings. The molecule has 0 spiro atoms. The van der Waals surface area contributed by atoms with Crippen molar-refractivity contribution in [1.29, 1.82) is 0 Å². The molecule has 0 N–H and O–H groups in total. The van der Waals surface area contributed by atoms with Crippen molar-refractivity contribution < 1.29 is 0 Å². The largest absolute Gasteiger partial charge is 0.293 e. The van der Waals surface area contributed by atoms with E-state index in [1.807, 2.05) is 11.3 Å². The maximum Gasteiger partial charge on any atom is 0.0333 e. The highest BCUT2D eigenvalue weighted by Crippen LogP contribution is 2.20. The summed E-state index contributed by atoms with van der Waals surface area (Å²) in [5, 5.41) is 0. The molecule has 1 aromatic heterocycles. The maximum atomic E-state index is 2.53. The number of nitrogens with zero attached hydrogens (tertiary/aromatic N) is 1. The second kappa shape index (κ2) is 5.66. The number of thiophene rings is 1. The van der Waals surface area contributed by atoms with Gasteiger partial charge in [-0.15, -0.1) is 11.3 Å². The molecule has 0 aliphatic rings. The van der Waals surface area contributed by atoms with E-state index in [0.29, 0.717) is 12.1 Å². The Labute approximate surface area is 98.1 Å². The van der Waals surface area contributed by atoms with Gasteiger partial charge >= 0.3 is 0 Å². The summed E-state index contributed by atoms with van der Waals surface area (Å²) in [6.45, 7) is 12.4. The van der Waals surface area contributed by atoms with Crippen LogP contribution in [-0.2, 0) is 13.0 Å². The zero-order chi connectivity index (χ0) is 11.4. The molecule has 1 heterocycles. The molecule has 0 radical (unpaired) electrons. The van der Waals surface area contributed by atoms with Crippen LogP contribution in [0.2, 0.25) is 0 Å². The van der Waals surface area contributed by atoms with Gasteiger partial charge in [0.25, 0.3) is 0 Å². The van der Waals surface area contributed by atoms with Crippen LogP contribution in [0.15, 0.2) is 12.1 Å². The van der Waals surface area contributed by atoms with Crippen molar-refractivity contribution in [3.8, 4) is 0 Å². The van der Waals surface area contributed by atoms with Gasteiger partial charge in [-0.2, -0.15) is 0 Å². The molecule has 0 aliphatic heterocycles. The Balaban J connectivity index is 2.65. The predicted molar refractivity (Wildman–Crippen MR) is 69.5 cm³/mol. The molecule has 0 amide bonds. The van der Waals surface area contributed by atoms with Crippen LogP contribution in [-0.4, -0.2) is 17.0 Å². The quantitative estimate of drug-likeness (QED) is 0.734. The lowest BCUT2D eigenvalue weighted by atomic mass is 10.2. The van der Waals surface area contributed by atoms with Gasteiger partial charge < -0.3 is 0 Å². The molecule has 0 saturated carbocycles. The fraction of sp³-hybridized carbons (Fsp3) is 0.692. The second-order valence-electron chi connectivity index (χ2n) is 4.58. The molecule has 86 valence electrons. The van der Waals surface area contributed by atoms with Crippen molar-refractivity contribution in [2.45, 2.75) is 59.7 Å². The molecule has 1 nitrogen and oxygen atoms in total. The zero-order valence-corrected chi connectivity index (χ0v) is 11.4. The lowest BCUT2D eigenvalue weighted by Gasteiger charge is -2.29. The van der Waals surface area contributed by atoms with Crippen molar-refractivity contribution in [3.63, 3.8) is 0 Å². The second-order valence-corrected chi connectivity index (χ2v) is 5.83. The van der Waals surface area contributed by atoms with Crippen molar-refractivity contribution in [1.82, 2.24) is 4.90 Å². The molecule has 15 heavy (non-hydrogen) atoms. The SMILES string of the molecule is CCc1ccc(CN(C(C)C)C(C)C)s1. The fourth-order valence-electron chi connectivity index (χ4n) is 1.84. The summed E-state index contributed by atoms with van der Waals surface area (Å²) in [6.07, 6.45) is 1.16. The van der Waals surface area contributed by atoms with Crippen LogP contribution in [0.5, 0.6) is 0 Å². The van der Waals surface area contributed by atoms with E-state index in [-0.39, 0.29) is 0 Å². The monoisotopic (exact) mass is 225 g/mol. The van der Waals surface area contributed by atoms with Gasteiger partial charge in [0.15, 0.2) is 0 Å². The first-order valence-corrected chi connectivity index (χ1v) is 6.69. The standard InChI is InChI=1S/C13H23NS/c1-6-12-7-8-13(15-12)9-14(10(2)3)11(4)5/h7-8,10-11H,6,9H2,1-5H3. The van der Waals surface area contributed by atoms with Crippen molar-refractivity contribution in [2.24, 2.45) is 0 Å². The van der Waals surface area contributed by atoms with Crippen LogP contribution in [0.25, 0.3) is 0 Å². The maximum absolute atomic E-state index is 2.53. The zero-order valence-electron chi connectivity index (χ0n) is 10.6. The van der Waals surface area contributed by atoms with E-state index in [4.69, 9.17) is 0 Å². The van der Waals surface area contributed by atoms with Gasteiger partial charge in [-0.05, 0) is 46.2 Å². The van der Waals surface area contributed by atoms with Crippen LogP contribution in [0.4, 0.5) is 0 Å². The Morgan fingerprint density at radius 2 is 1.60 bits per heavy atom. The molecule has 2 heteroatoms. The normalized spacial score (nSPS) is 12.0. The summed E-state index contributed by atoms with van der Waals surface area (Å²) >= 11 is 1.95. The summed E-state index contributed by atoms with van der Waals surface area (Å²) in [5.41, 5.74) is 0. The molecular formula is C13H23NS. The van der Waals surface area contributed by atoms with Gasteiger partial charge in [0.1, 0.15) is 0 Å². The van der Waals surface area contributed by atoms with Gasteiger partial charge in [0.2, 0.25) is 0 Å². The number of aryl methyl sites for hydroxylation is 1. The van der Waals surface area contributed by atoms with E-state index in [0.717, 1.165) is 13.0 Å². The summed E-state index contributed by atoms with van der Waals surface area (Å²) in [7, 11) is 0. The summed E-state index contributed by atoms with van der Waals surface area (Å²) in [6, 6.07) is 5.79.